The van der Waals surface area contributed by atoms with Gasteiger partial charge in [-0.2, -0.15) is 4.39 Å². The fourth-order valence-corrected chi connectivity index (χ4v) is 1.75. The number of hydrogen-bond donors (Lipinski definition) is 0. The highest BCUT2D eigenvalue weighted by molar-refractivity contribution is 6.70. The fourth-order valence-electron chi connectivity index (χ4n) is 1.45. The summed E-state index contributed by atoms with van der Waals surface area (Å²) < 4.78 is 31.9. The highest BCUT2D eigenvalue weighted by atomic mass is 35.5. The Kier molecular flexibility index (Phi) is 2.84. The zero-order valence-electron chi connectivity index (χ0n) is 8.80. The van der Waals surface area contributed by atoms with E-state index < -0.39 is 11.6 Å². The van der Waals surface area contributed by atoms with E-state index in [1.54, 1.807) is 13.8 Å². The zero-order chi connectivity index (χ0) is 11.9. The van der Waals surface area contributed by atoms with Crippen LogP contribution in [0.5, 0.6) is 5.75 Å². The van der Waals surface area contributed by atoms with Gasteiger partial charge in [-0.25, -0.2) is 4.39 Å². The van der Waals surface area contributed by atoms with Crippen molar-refractivity contribution in [1.29, 1.82) is 0 Å². The minimum atomic E-state index is -1.02. The maximum absolute atomic E-state index is 13.5. The Hall–Kier alpha value is -1.16. The second-order valence-corrected chi connectivity index (χ2v) is 4.08. The molecule has 0 fully saturated rings. The summed E-state index contributed by atoms with van der Waals surface area (Å²) in [6.45, 7) is 3.53. The van der Waals surface area contributed by atoms with Crippen LogP contribution in [0.4, 0.5) is 8.78 Å². The second kappa shape index (κ2) is 4.01. The molecule has 1 aromatic rings. The first-order valence-electron chi connectivity index (χ1n) is 4.89. The zero-order valence-corrected chi connectivity index (χ0v) is 9.55. The van der Waals surface area contributed by atoms with Gasteiger partial charge in [-0.15, -0.1) is 0 Å². The molecular weight excluding hydrogens is 236 g/mol. The van der Waals surface area contributed by atoms with Gasteiger partial charge in [-0.05, 0) is 26.0 Å². The van der Waals surface area contributed by atoms with Gasteiger partial charge in [-0.1, -0.05) is 11.6 Å². The average molecular weight is 246 g/mol. The van der Waals surface area contributed by atoms with Gasteiger partial charge in [-0.3, -0.25) is 4.99 Å². The molecule has 2 unspecified atom stereocenters. The predicted molar refractivity (Wildman–Crippen MR) is 58.3 cm³/mol. The molecule has 5 heteroatoms. The summed E-state index contributed by atoms with van der Waals surface area (Å²) in [6, 6.07) is 2.17. The van der Waals surface area contributed by atoms with Crippen LogP contribution in [0.3, 0.4) is 0 Å². The van der Waals surface area contributed by atoms with E-state index in [1.165, 1.54) is 6.07 Å². The molecule has 0 aromatic heterocycles. The smallest absolute Gasteiger partial charge is 0.201 e. The Labute approximate surface area is 96.9 Å². The van der Waals surface area contributed by atoms with Crippen LogP contribution in [0.2, 0.25) is 0 Å². The minimum absolute atomic E-state index is 0.144. The lowest BCUT2D eigenvalue weighted by Crippen LogP contribution is -2.23. The number of halogens is 3. The van der Waals surface area contributed by atoms with E-state index in [-0.39, 0.29) is 28.6 Å². The van der Waals surface area contributed by atoms with Crippen LogP contribution in [-0.2, 0) is 0 Å². The molecule has 0 amide bonds. The molecule has 1 heterocycles. The summed E-state index contributed by atoms with van der Waals surface area (Å²) in [6.07, 6.45) is -0.355. The molecular formula is C11H10ClF2NO. The van der Waals surface area contributed by atoms with Crippen molar-refractivity contribution in [3.05, 3.63) is 29.3 Å². The van der Waals surface area contributed by atoms with Crippen molar-refractivity contribution in [1.82, 2.24) is 0 Å². The Morgan fingerprint density at radius 2 is 2.00 bits per heavy atom. The van der Waals surface area contributed by atoms with E-state index in [9.17, 15) is 8.78 Å². The fraction of sp³-hybridized carbons (Fsp3) is 0.364. The largest absolute Gasteiger partial charge is 0.485 e. The molecule has 1 aromatic carbocycles. The highest BCUT2D eigenvalue weighted by Crippen LogP contribution is 2.31. The standard InChI is InChI=1S/C11H10ClF2NO/c1-5-6(2)16-10-7(11(12)15-5)3-4-8(13)9(10)14/h3-6H,1-2H3. The van der Waals surface area contributed by atoms with Crippen LogP contribution in [0.25, 0.3) is 0 Å². The van der Waals surface area contributed by atoms with E-state index in [4.69, 9.17) is 16.3 Å². The third kappa shape index (κ3) is 1.78. The third-order valence-corrected chi connectivity index (χ3v) is 2.87. The van der Waals surface area contributed by atoms with Crippen molar-refractivity contribution in [3.8, 4) is 5.75 Å². The number of aliphatic imine (C=N–C) groups is 1. The average Bonchev–Trinajstić information content (AvgIpc) is 2.33. The molecule has 86 valence electrons. The number of benzene rings is 1. The first kappa shape index (κ1) is 11.3. The Balaban J connectivity index is 2.61. The maximum atomic E-state index is 13.5. The summed E-state index contributed by atoms with van der Waals surface area (Å²) >= 11 is 5.92. The minimum Gasteiger partial charge on any atom is -0.485 e. The van der Waals surface area contributed by atoms with Gasteiger partial charge >= 0.3 is 0 Å². The van der Waals surface area contributed by atoms with E-state index in [2.05, 4.69) is 4.99 Å². The van der Waals surface area contributed by atoms with Crippen molar-refractivity contribution in [2.75, 3.05) is 0 Å². The van der Waals surface area contributed by atoms with Crippen LogP contribution in [0.1, 0.15) is 19.4 Å². The molecule has 2 atom stereocenters. The lowest BCUT2D eigenvalue weighted by molar-refractivity contribution is 0.189. The lowest BCUT2D eigenvalue weighted by atomic mass is 10.2. The van der Waals surface area contributed by atoms with E-state index in [0.29, 0.717) is 0 Å². The molecule has 2 rings (SSSR count). The summed E-state index contributed by atoms with van der Waals surface area (Å²) in [5.41, 5.74) is 0.289. The molecule has 16 heavy (non-hydrogen) atoms. The number of hydrogen-bond acceptors (Lipinski definition) is 2. The normalized spacial score (nSPS) is 24.2. The van der Waals surface area contributed by atoms with Gasteiger partial charge in [0.25, 0.3) is 0 Å². The molecule has 1 aliphatic rings. The van der Waals surface area contributed by atoms with Gasteiger partial charge < -0.3 is 4.74 Å². The molecule has 0 bridgehead atoms. The monoisotopic (exact) mass is 245 g/mol. The van der Waals surface area contributed by atoms with Crippen LogP contribution in [-0.4, -0.2) is 17.3 Å². The molecule has 0 radical (unpaired) electrons. The Bertz CT molecular complexity index is 462. The van der Waals surface area contributed by atoms with Crippen molar-refractivity contribution >= 4 is 16.8 Å². The molecule has 0 saturated heterocycles. The predicted octanol–water partition coefficient (Wildman–Crippen LogP) is 3.12. The molecule has 1 aliphatic heterocycles. The second-order valence-electron chi connectivity index (χ2n) is 3.72. The number of rotatable bonds is 0. The molecule has 0 spiro atoms. The van der Waals surface area contributed by atoms with Gasteiger partial charge in [0.1, 0.15) is 11.3 Å². The van der Waals surface area contributed by atoms with E-state index in [1.807, 2.05) is 0 Å². The van der Waals surface area contributed by atoms with Crippen LogP contribution >= 0.6 is 11.6 Å². The van der Waals surface area contributed by atoms with Gasteiger partial charge in [0.2, 0.25) is 5.82 Å². The Morgan fingerprint density at radius 1 is 1.31 bits per heavy atom. The van der Waals surface area contributed by atoms with Crippen LogP contribution < -0.4 is 4.74 Å². The molecule has 0 N–H and O–H groups in total. The van der Waals surface area contributed by atoms with E-state index in [0.717, 1.165) is 6.07 Å². The maximum Gasteiger partial charge on any atom is 0.201 e. The van der Waals surface area contributed by atoms with Crippen molar-refractivity contribution in [3.63, 3.8) is 0 Å². The van der Waals surface area contributed by atoms with Crippen molar-refractivity contribution < 1.29 is 13.5 Å². The summed E-state index contributed by atoms with van der Waals surface area (Å²) in [7, 11) is 0. The van der Waals surface area contributed by atoms with Gasteiger partial charge in [0.15, 0.2) is 11.6 Å². The van der Waals surface area contributed by atoms with Gasteiger partial charge in [0, 0.05) is 0 Å². The van der Waals surface area contributed by atoms with Gasteiger partial charge in [0.05, 0.1) is 11.6 Å². The summed E-state index contributed by atoms with van der Waals surface area (Å²) in [4.78, 5) is 4.14. The molecule has 2 nitrogen and oxygen atoms in total. The highest BCUT2D eigenvalue weighted by Gasteiger charge is 2.25. The Morgan fingerprint density at radius 3 is 2.69 bits per heavy atom. The number of ether oxygens (including phenoxy) is 1. The number of fused-ring (bicyclic) bond motifs is 1. The SMILES string of the molecule is CC1N=C(Cl)c2ccc(F)c(F)c2OC1C. The topological polar surface area (TPSA) is 21.6 Å². The van der Waals surface area contributed by atoms with Crippen LogP contribution in [0, 0.1) is 11.6 Å². The quantitative estimate of drug-likeness (QED) is 0.688. The van der Waals surface area contributed by atoms with E-state index >= 15 is 0 Å². The van der Waals surface area contributed by atoms with Crippen molar-refractivity contribution in [2.45, 2.75) is 26.0 Å². The molecule has 0 aliphatic carbocycles. The van der Waals surface area contributed by atoms with Crippen LogP contribution in [0.15, 0.2) is 17.1 Å². The lowest BCUT2D eigenvalue weighted by Gasteiger charge is -2.16. The third-order valence-electron chi connectivity index (χ3n) is 2.57. The summed E-state index contributed by atoms with van der Waals surface area (Å²) in [5, 5.41) is 0.144. The first-order valence-corrected chi connectivity index (χ1v) is 5.27. The summed E-state index contributed by atoms with van der Waals surface area (Å²) in [5.74, 6) is -2.14. The first-order chi connectivity index (χ1) is 7.50. The van der Waals surface area contributed by atoms with Crippen molar-refractivity contribution in [2.24, 2.45) is 4.99 Å². The number of nitrogens with zero attached hydrogens (tertiary/aromatic N) is 1. The molecule has 0 saturated carbocycles.